The quantitative estimate of drug-likeness (QED) is 0.562. The minimum absolute atomic E-state index is 0.503. The van der Waals surface area contributed by atoms with Crippen molar-refractivity contribution in [1.82, 2.24) is 19.9 Å². The molecule has 5 nitrogen and oxygen atoms in total. The summed E-state index contributed by atoms with van der Waals surface area (Å²) < 4.78 is 40.2. The van der Waals surface area contributed by atoms with Crippen LogP contribution in [0.25, 0.3) is 5.70 Å². The Balaban J connectivity index is 1.64. The van der Waals surface area contributed by atoms with Gasteiger partial charge in [0, 0.05) is 25.5 Å². The number of allylic oxidation sites excluding steroid dienone is 1. The van der Waals surface area contributed by atoms with Gasteiger partial charge in [-0.15, -0.1) is 0 Å². The number of hydrogen-bond acceptors (Lipinski definition) is 4. The van der Waals surface area contributed by atoms with Crippen LogP contribution >= 0.6 is 0 Å². The molecule has 0 atom stereocenters. The molecule has 0 saturated carbocycles. The van der Waals surface area contributed by atoms with E-state index in [1.165, 1.54) is 25.0 Å². The van der Waals surface area contributed by atoms with Gasteiger partial charge in [-0.05, 0) is 49.7 Å². The average Bonchev–Trinajstić information content (AvgIpc) is 3.34. The molecule has 3 rings (SSSR count). The van der Waals surface area contributed by atoms with E-state index < -0.39 is 11.7 Å². The molecule has 2 heterocycles. The summed E-state index contributed by atoms with van der Waals surface area (Å²) in [6.07, 6.45) is 5.11. The lowest BCUT2D eigenvalue weighted by molar-refractivity contribution is -0.137. The zero-order valence-electron chi connectivity index (χ0n) is 15.0. The maximum absolute atomic E-state index is 12.8. The first-order valence-corrected chi connectivity index (χ1v) is 8.96. The summed E-state index contributed by atoms with van der Waals surface area (Å²) in [6.45, 7) is 4.04. The number of aromatic nitrogens is 2. The Kier molecular flexibility index (Phi) is 6.52. The average molecular weight is 380 g/mol. The van der Waals surface area contributed by atoms with E-state index in [1.54, 1.807) is 12.5 Å². The highest BCUT2D eigenvalue weighted by Crippen LogP contribution is 2.29. The minimum atomic E-state index is -4.35. The molecule has 0 spiro atoms. The first-order valence-electron chi connectivity index (χ1n) is 8.96. The topological polar surface area (TPSA) is 42.3 Å². The van der Waals surface area contributed by atoms with Crippen LogP contribution in [-0.4, -0.2) is 40.7 Å². The molecular formula is C19H23F3N4O. The standard InChI is InChI=1S/C19H23F3N4O/c20-19(21,22)17-5-3-16(4-6-17)18(7-11-26-12-8-23-15-26)24-27-14-13-25-9-1-2-10-25/h3-8,12,15,24H,1-2,9-11,13-14H2. The van der Waals surface area contributed by atoms with E-state index in [1.807, 2.05) is 16.8 Å². The van der Waals surface area contributed by atoms with Crippen LogP contribution in [0.3, 0.4) is 0 Å². The van der Waals surface area contributed by atoms with E-state index in [9.17, 15) is 13.2 Å². The van der Waals surface area contributed by atoms with Gasteiger partial charge in [0.25, 0.3) is 0 Å². The number of nitrogens with zero attached hydrogens (tertiary/aromatic N) is 3. The molecule has 1 fully saturated rings. The number of hydrogen-bond donors (Lipinski definition) is 1. The van der Waals surface area contributed by atoms with Crippen molar-refractivity contribution in [2.45, 2.75) is 25.6 Å². The van der Waals surface area contributed by atoms with Gasteiger partial charge in [0.1, 0.15) is 0 Å². The molecular weight excluding hydrogens is 357 g/mol. The van der Waals surface area contributed by atoms with Gasteiger partial charge >= 0.3 is 6.18 Å². The van der Waals surface area contributed by atoms with E-state index in [4.69, 9.17) is 4.84 Å². The molecule has 8 heteroatoms. The Labute approximate surface area is 156 Å². The molecule has 1 aromatic heterocycles. The first-order chi connectivity index (χ1) is 13.0. The molecule has 0 unspecified atom stereocenters. The second kappa shape index (κ2) is 9.05. The Morgan fingerprint density at radius 1 is 1.19 bits per heavy atom. The van der Waals surface area contributed by atoms with Gasteiger partial charge in [-0.1, -0.05) is 12.1 Å². The number of alkyl halides is 3. The SMILES string of the molecule is FC(F)(F)c1ccc(C(=CCn2ccnc2)NOCCN2CCCC2)cc1. The van der Waals surface area contributed by atoms with Crippen molar-refractivity contribution in [1.29, 1.82) is 0 Å². The fraction of sp³-hybridized carbons (Fsp3) is 0.421. The monoisotopic (exact) mass is 380 g/mol. The van der Waals surface area contributed by atoms with Crippen molar-refractivity contribution < 1.29 is 18.0 Å². The molecule has 0 bridgehead atoms. The predicted octanol–water partition coefficient (Wildman–Crippen LogP) is 3.56. The summed E-state index contributed by atoms with van der Waals surface area (Å²) in [6, 6.07) is 5.04. The maximum Gasteiger partial charge on any atom is 0.416 e. The smallest absolute Gasteiger partial charge is 0.334 e. The van der Waals surface area contributed by atoms with Gasteiger partial charge in [-0.3, -0.25) is 10.3 Å². The summed E-state index contributed by atoms with van der Waals surface area (Å²) >= 11 is 0. The van der Waals surface area contributed by atoms with Gasteiger partial charge in [0.2, 0.25) is 0 Å². The van der Waals surface area contributed by atoms with Crippen LogP contribution in [0.2, 0.25) is 0 Å². The Morgan fingerprint density at radius 2 is 1.93 bits per heavy atom. The van der Waals surface area contributed by atoms with Crippen LogP contribution in [0.15, 0.2) is 49.1 Å². The number of benzene rings is 1. The highest BCUT2D eigenvalue weighted by atomic mass is 19.4. The van der Waals surface area contributed by atoms with E-state index >= 15 is 0 Å². The summed E-state index contributed by atoms with van der Waals surface area (Å²) in [4.78, 5) is 11.9. The van der Waals surface area contributed by atoms with Crippen molar-refractivity contribution in [3.05, 3.63) is 60.2 Å². The maximum atomic E-state index is 12.8. The molecule has 2 aromatic rings. The van der Waals surface area contributed by atoms with Crippen LogP contribution in [0.1, 0.15) is 24.0 Å². The molecule has 0 radical (unpaired) electrons. The van der Waals surface area contributed by atoms with Gasteiger partial charge in [-0.2, -0.15) is 13.2 Å². The highest BCUT2D eigenvalue weighted by molar-refractivity contribution is 5.63. The Hall–Kier alpha value is -2.32. The lowest BCUT2D eigenvalue weighted by Gasteiger charge is -2.16. The van der Waals surface area contributed by atoms with Crippen molar-refractivity contribution in [2.24, 2.45) is 0 Å². The molecule has 1 aromatic carbocycles. The van der Waals surface area contributed by atoms with Gasteiger partial charge < -0.3 is 9.47 Å². The van der Waals surface area contributed by atoms with E-state index in [-0.39, 0.29) is 0 Å². The molecule has 1 aliphatic rings. The number of likely N-dealkylation sites (tertiary alicyclic amines) is 1. The zero-order chi connectivity index (χ0) is 19.1. The molecule has 27 heavy (non-hydrogen) atoms. The number of imidazole rings is 1. The predicted molar refractivity (Wildman–Crippen MR) is 96.4 cm³/mol. The molecule has 1 aliphatic heterocycles. The van der Waals surface area contributed by atoms with Crippen molar-refractivity contribution in [3.63, 3.8) is 0 Å². The number of nitrogens with one attached hydrogen (secondary N) is 1. The fourth-order valence-corrected chi connectivity index (χ4v) is 2.96. The number of rotatable bonds is 8. The van der Waals surface area contributed by atoms with Crippen LogP contribution in [0.5, 0.6) is 0 Å². The third-order valence-electron chi connectivity index (χ3n) is 4.48. The third-order valence-corrected chi connectivity index (χ3v) is 4.48. The molecule has 146 valence electrons. The van der Waals surface area contributed by atoms with Gasteiger partial charge in [-0.25, -0.2) is 4.98 Å². The molecule has 1 saturated heterocycles. The molecule has 0 aliphatic carbocycles. The largest absolute Gasteiger partial charge is 0.416 e. The second-order valence-electron chi connectivity index (χ2n) is 6.45. The summed E-state index contributed by atoms with van der Waals surface area (Å²) in [7, 11) is 0. The van der Waals surface area contributed by atoms with Gasteiger partial charge in [0.15, 0.2) is 0 Å². The van der Waals surface area contributed by atoms with E-state index in [2.05, 4.69) is 15.4 Å². The zero-order valence-corrected chi connectivity index (χ0v) is 15.0. The minimum Gasteiger partial charge on any atom is -0.334 e. The van der Waals surface area contributed by atoms with Crippen molar-refractivity contribution in [3.8, 4) is 0 Å². The summed E-state index contributed by atoms with van der Waals surface area (Å²) in [5.41, 5.74) is 3.48. The molecule has 1 N–H and O–H groups in total. The van der Waals surface area contributed by atoms with Crippen LogP contribution in [0.4, 0.5) is 13.2 Å². The lowest BCUT2D eigenvalue weighted by atomic mass is 10.1. The van der Waals surface area contributed by atoms with Crippen LogP contribution in [0, 0.1) is 0 Å². The van der Waals surface area contributed by atoms with Gasteiger partial charge in [0.05, 0.1) is 24.2 Å². The van der Waals surface area contributed by atoms with Crippen molar-refractivity contribution >= 4 is 5.70 Å². The van der Waals surface area contributed by atoms with E-state index in [0.717, 1.165) is 31.8 Å². The number of hydroxylamine groups is 1. The molecule has 0 amide bonds. The van der Waals surface area contributed by atoms with Crippen molar-refractivity contribution in [2.75, 3.05) is 26.2 Å². The Morgan fingerprint density at radius 3 is 2.56 bits per heavy atom. The van der Waals surface area contributed by atoms with E-state index in [0.29, 0.717) is 24.4 Å². The second-order valence-corrected chi connectivity index (χ2v) is 6.45. The Bertz CT molecular complexity index is 720. The number of halogens is 3. The lowest BCUT2D eigenvalue weighted by Crippen LogP contribution is -2.26. The fourth-order valence-electron chi connectivity index (χ4n) is 2.96. The van der Waals surface area contributed by atoms with Crippen LogP contribution in [-0.2, 0) is 17.6 Å². The first kappa shape index (κ1) is 19.4. The normalized spacial score (nSPS) is 16.0. The third kappa shape index (κ3) is 5.83. The van der Waals surface area contributed by atoms with Crippen LogP contribution < -0.4 is 5.48 Å². The highest BCUT2D eigenvalue weighted by Gasteiger charge is 2.30. The summed E-state index contributed by atoms with van der Waals surface area (Å²) in [5.74, 6) is 0. The summed E-state index contributed by atoms with van der Waals surface area (Å²) in [5, 5.41) is 0.